The van der Waals surface area contributed by atoms with Gasteiger partial charge in [0.1, 0.15) is 12.4 Å². The Hall–Kier alpha value is -1.02. The highest BCUT2D eigenvalue weighted by Crippen LogP contribution is 2.25. The summed E-state index contributed by atoms with van der Waals surface area (Å²) >= 11 is 0. The Kier molecular flexibility index (Phi) is 5.90. The predicted octanol–water partition coefficient (Wildman–Crippen LogP) is 3.97. The van der Waals surface area contributed by atoms with Crippen molar-refractivity contribution in [2.45, 2.75) is 58.9 Å². The van der Waals surface area contributed by atoms with Gasteiger partial charge in [0.2, 0.25) is 0 Å². The van der Waals surface area contributed by atoms with Gasteiger partial charge in [-0.3, -0.25) is 0 Å². The lowest BCUT2D eigenvalue weighted by molar-refractivity contribution is 0.302. The van der Waals surface area contributed by atoms with Crippen molar-refractivity contribution < 1.29 is 4.74 Å². The third kappa shape index (κ3) is 4.82. The molecule has 0 saturated carbocycles. The van der Waals surface area contributed by atoms with Crippen LogP contribution in [0.2, 0.25) is 0 Å². The molecular weight excluding hydrogens is 246 g/mol. The minimum Gasteiger partial charge on any atom is -0.492 e. The molecule has 2 nitrogen and oxygen atoms in total. The lowest BCUT2D eigenvalue weighted by Crippen LogP contribution is -2.30. The number of ether oxygens (including phenoxy) is 1. The van der Waals surface area contributed by atoms with Crippen molar-refractivity contribution in [1.29, 1.82) is 0 Å². The molecule has 0 radical (unpaired) electrons. The Morgan fingerprint density at radius 3 is 2.70 bits per heavy atom. The molecule has 20 heavy (non-hydrogen) atoms. The van der Waals surface area contributed by atoms with Gasteiger partial charge >= 0.3 is 0 Å². The SMILES string of the molecule is CC(C)CCC(C)NCCOc1ccc2c(c1)CCC2. The van der Waals surface area contributed by atoms with Gasteiger partial charge in [-0.1, -0.05) is 19.9 Å². The van der Waals surface area contributed by atoms with Gasteiger partial charge in [0.05, 0.1) is 0 Å². The van der Waals surface area contributed by atoms with Gasteiger partial charge in [0, 0.05) is 12.6 Å². The van der Waals surface area contributed by atoms with Crippen LogP contribution in [0.3, 0.4) is 0 Å². The maximum atomic E-state index is 5.84. The highest BCUT2D eigenvalue weighted by Gasteiger charge is 2.11. The predicted molar refractivity (Wildman–Crippen MR) is 85.5 cm³/mol. The quantitative estimate of drug-likeness (QED) is 0.725. The molecule has 0 saturated heterocycles. The van der Waals surface area contributed by atoms with E-state index in [0.29, 0.717) is 6.04 Å². The summed E-state index contributed by atoms with van der Waals surface area (Å²) in [5.41, 5.74) is 3.00. The van der Waals surface area contributed by atoms with Crippen LogP contribution < -0.4 is 10.1 Å². The maximum absolute atomic E-state index is 5.84. The van der Waals surface area contributed by atoms with Crippen molar-refractivity contribution in [1.82, 2.24) is 5.32 Å². The highest BCUT2D eigenvalue weighted by molar-refractivity contribution is 5.38. The van der Waals surface area contributed by atoms with Crippen LogP contribution in [0.4, 0.5) is 0 Å². The fourth-order valence-corrected chi connectivity index (χ4v) is 2.80. The van der Waals surface area contributed by atoms with E-state index in [2.05, 4.69) is 44.3 Å². The normalized spacial score (nSPS) is 15.4. The zero-order valence-electron chi connectivity index (χ0n) is 13.2. The number of hydrogen-bond donors (Lipinski definition) is 1. The van der Waals surface area contributed by atoms with Crippen LogP contribution in [-0.2, 0) is 12.8 Å². The molecule has 2 heteroatoms. The summed E-state index contributed by atoms with van der Waals surface area (Å²) < 4.78 is 5.84. The van der Waals surface area contributed by atoms with Crippen LogP contribution in [0, 0.1) is 5.92 Å². The molecule has 1 atom stereocenters. The molecule has 1 N–H and O–H groups in total. The third-order valence-corrected chi connectivity index (χ3v) is 4.11. The Bertz CT molecular complexity index is 414. The number of benzene rings is 1. The molecule has 1 aromatic carbocycles. The summed E-state index contributed by atoms with van der Waals surface area (Å²) in [4.78, 5) is 0. The molecule has 2 rings (SSSR count). The van der Waals surface area contributed by atoms with Gasteiger partial charge in [0.15, 0.2) is 0 Å². The Balaban J connectivity index is 1.63. The number of rotatable bonds is 8. The molecule has 1 unspecified atom stereocenters. The van der Waals surface area contributed by atoms with E-state index < -0.39 is 0 Å². The second-order valence-electron chi connectivity index (χ2n) is 6.46. The molecule has 1 aliphatic carbocycles. The second kappa shape index (κ2) is 7.68. The first-order valence-corrected chi connectivity index (χ1v) is 8.13. The van der Waals surface area contributed by atoms with Crippen LogP contribution in [0.5, 0.6) is 5.75 Å². The maximum Gasteiger partial charge on any atom is 0.119 e. The van der Waals surface area contributed by atoms with E-state index in [-0.39, 0.29) is 0 Å². The van der Waals surface area contributed by atoms with Crippen LogP contribution in [0.15, 0.2) is 18.2 Å². The van der Waals surface area contributed by atoms with E-state index in [1.807, 2.05) is 0 Å². The summed E-state index contributed by atoms with van der Waals surface area (Å²) in [7, 11) is 0. The highest BCUT2D eigenvalue weighted by atomic mass is 16.5. The van der Waals surface area contributed by atoms with Crippen LogP contribution in [-0.4, -0.2) is 19.2 Å². The second-order valence-corrected chi connectivity index (χ2v) is 6.46. The smallest absolute Gasteiger partial charge is 0.119 e. The van der Waals surface area contributed by atoms with Gasteiger partial charge in [-0.25, -0.2) is 0 Å². The van der Waals surface area contributed by atoms with Gasteiger partial charge in [-0.2, -0.15) is 0 Å². The van der Waals surface area contributed by atoms with E-state index in [1.165, 1.54) is 43.2 Å². The first-order valence-electron chi connectivity index (χ1n) is 8.13. The van der Waals surface area contributed by atoms with Crippen LogP contribution in [0.25, 0.3) is 0 Å². The van der Waals surface area contributed by atoms with Gasteiger partial charge < -0.3 is 10.1 Å². The molecule has 0 aliphatic heterocycles. The average molecular weight is 275 g/mol. The number of nitrogens with one attached hydrogen (secondary N) is 1. The number of fused-ring (bicyclic) bond motifs is 1. The van der Waals surface area contributed by atoms with Crippen molar-refractivity contribution in [3.63, 3.8) is 0 Å². The van der Waals surface area contributed by atoms with Crippen LogP contribution >= 0.6 is 0 Å². The molecule has 1 aromatic rings. The molecule has 0 bridgehead atoms. The van der Waals surface area contributed by atoms with E-state index >= 15 is 0 Å². The standard InChI is InChI=1S/C18H29NO/c1-14(2)7-8-15(3)19-11-12-20-18-10-9-16-5-4-6-17(16)13-18/h9-10,13-15,19H,4-8,11-12H2,1-3H3. The Labute approximate surface area is 123 Å². The summed E-state index contributed by atoms with van der Waals surface area (Å²) in [6, 6.07) is 7.16. The fourth-order valence-electron chi connectivity index (χ4n) is 2.80. The summed E-state index contributed by atoms with van der Waals surface area (Å²) in [6.45, 7) is 8.51. The van der Waals surface area contributed by atoms with Gasteiger partial charge in [-0.15, -0.1) is 0 Å². The first-order chi connectivity index (χ1) is 9.65. The average Bonchev–Trinajstić information content (AvgIpc) is 2.88. The van der Waals surface area contributed by atoms with E-state index in [9.17, 15) is 0 Å². The largest absolute Gasteiger partial charge is 0.492 e. The van der Waals surface area contributed by atoms with E-state index in [0.717, 1.165) is 24.8 Å². The molecular formula is C18H29NO. The molecule has 0 aromatic heterocycles. The summed E-state index contributed by atoms with van der Waals surface area (Å²) in [6.07, 6.45) is 6.30. The summed E-state index contributed by atoms with van der Waals surface area (Å²) in [5.74, 6) is 1.82. The molecule has 112 valence electrons. The molecule has 0 amide bonds. The molecule has 0 fully saturated rings. The number of hydrogen-bond acceptors (Lipinski definition) is 2. The monoisotopic (exact) mass is 275 g/mol. The zero-order chi connectivity index (χ0) is 14.4. The van der Waals surface area contributed by atoms with Crippen molar-refractivity contribution in [2.24, 2.45) is 5.92 Å². The van der Waals surface area contributed by atoms with Crippen molar-refractivity contribution in [2.75, 3.05) is 13.2 Å². The Morgan fingerprint density at radius 1 is 1.10 bits per heavy atom. The third-order valence-electron chi connectivity index (χ3n) is 4.11. The van der Waals surface area contributed by atoms with Crippen LogP contribution in [0.1, 0.15) is 51.2 Å². The lowest BCUT2D eigenvalue weighted by atomic mass is 10.0. The molecule has 0 heterocycles. The minimum absolute atomic E-state index is 0.584. The number of aryl methyl sites for hydroxylation is 2. The van der Waals surface area contributed by atoms with Gasteiger partial charge in [0.25, 0.3) is 0 Å². The zero-order valence-corrected chi connectivity index (χ0v) is 13.2. The topological polar surface area (TPSA) is 21.3 Å². The lowest BCUT2D eigenvalue weighted by Gasteiger charge is -2.15. The van der Waals surface area contributed by atoms with Crippen molar-refractivity contribution in [3.05, 3.63) is 29.3 Å². The van der Waals surface area contributed by atoms with E-state index in [1.54, 1.807) is 0 Å². The van der Waals surface area contributed by atoms with Gasteiger partial charge in [-0.05, 0) is 68.2 Å². The van der Waals surface area contributed by atoms with E-state index in [4.69, 9.17) is 4.74 Å². The minimum atomic E-state index is 0.584. The first kappa shape index (κ1) is 15.4. The Morgan fingerprint density at radius 2 is 1.90 bits per heavy atom. The van der Waals surface area contributed by atoms with Crippen molar-refractivity contribution in [3.8, 4) is 5.75 Å². The summed E-state index contributed by atoms with van der Waals surface area (Å²) in [5, 5.41) is 3.54. The molecule has 0 spiro atoms. The van der Waals surface area contributed by atoms with Crippen molar-refractivity contribution >= 4 is 0 Å². The fraction of sp³-hybridized carbons (Fsp3) is 0.667. The molecule has 1 aliphatic rings.